The van der Waals surface area contributed by atoms with E-state index in [1.54, 1.807) is 0 Å². The van der Waals surface area contributed by atoms with Gasteiger partial charge in [-0.3, -0.25) is 0 Å². The summed E-state index contributed by atoms with van der Waals surface area (Å²) in [5.41, 5.74) is 1.20. The second kappa shape index (κ2) is 6.66. The van der Waals surface area contributed by atoms with Gasteiger partial charge in [-0.1, -0.05) is 6.07 Å². The molecule has 5 nitrogen and oxygen atoms in total. The fraction of sp³-hybridized carbons (Fsp3) is 0.722. The lowest BCUT2D eigenvalue weighted by molar-refractivity contribution is 0.00578. The van der Waals surface area contributed by atoms with E-state index in [1.807, 2.05) is 19.1 Å². The van der Waals surface area contributed by atoms with Gasteiger partial charge in [0.05, 0.1) is 17.8 Å². The summed E-state index contributed by atoms with van der Waals surface area (Å²) in [4.78, 5) is 4.60. The van der Waals surface area contributed by atoms with Gasteiger partial charge in [-0.15, -0.1) is 0 Å². The van der Waals surface area contributed by atoms with E-state index in [0.717, 1.165) is 30.9 Å². The lowest BCUT2D eigenvalue weighted by atomic mass is 9.78. The normalized spacial score (nSPS) is 23.5. The number of nitrogens with one attached hydrogen (secondary N) is 1. The molecule has 1 aromatic rings. The predicted molar refractivity (Wildman–Crippen MR) is 95.8 cm³/mol. The summed E-state index contributed by atoms with van der Waals surface area (Å²) in [5, 5.41) is 3.37. The van der Waals surface area contributed by atoms with Crippen LogP contribution in [0.2, 0.25) is 0 Å². The van der Waals surface area contributed by atoms with Gasteiger partial charge in [-0.05, 0) is 72.5 Å². The molecule has 0 bridgehead atoms. The smallest absolute Gasteiger partial charge is 0.477 e. The Morgan fingerprint density at radius 2 is 1.79 bits per heavy atom. The highest BCUT2D eigenvalue weighted by Crippen LogP contribution is 2.36. The molecular formula is C18H29BN2O3. The maximum absolute atomic E-state index is 6.12. The zero-order valence-electron chi connectivity index (χ0n) is 15.5. The Kier molecular flexibility index (Phi) is 4.91. The molecule has 0 atom stereocenters. The van der Waals surface area contributed by atoms with Gasteiger partial charge in [0, 0.05) is 11.2 Å². The molecule has 2 aliphatic heterocycles. The van der Waals surface area contributed by atoms with Crippen molar-refractivity contribution < 1.29 is 14.0 Å². The lowest BCUT2D eigenvalue weighted by Gasteiger charge is -2.32. The Balaban J connectivity index is 1.65. The highest BCUT2D eigenvalue weighted by molar-refractivity contribution is 6.62. The summed E-state index contributed by atoms with van der Waals surface area (Å²) in [6.45, 7) is 13.1. The Morgan fingerprint density at radius 3 is 2.38 bits per heavy atom. The number of aryl methyl sites for hydroxylation is 1. The Hall–Kier alpha value is -1.11. The lowest BCUT2D eigenvalue weighted by Crippen LogP contribution is -2.41. The summed E-state index contributed by atoms with van der Waals surface area (Å²) < 4.78 is 18.1. The van der Waals surface area contributed by atoms with Crippen molar-refractivity contribution >= 4 is 12.6 Å². The van der Waals surface area contributed by atoms with Gasteiger partial charge < -0.3 is 19.4 Å². The standard InChI is InChI=1S/C18H29BN2O3/c1-13-15(19-23-17(2,3)18(4,5)24-19)6-7-16(21-13)22-12-14-8-10-20-11-9-14/h6-7,14,20H,8-12H2,1-5H3. The minimum atomic E-state index is -0.374. The average Bonchev–Trinajstić information content (AvgIpc) is 2.74. The Morgan fingerprint density at radius 1 is 1.17 bits per heavy atom. The number of hydrogen-bond donors (Lipinski definition) is 1. The number of rotatable bonds is 4. The molecule has 1 N–H and O–H groups in total. The van der Waals surface area contributed by atoms with Crippen LogP contribution in [0.4, 0.5) is 0 Å². The molecule has 132 valence electrons. The Labute approximate surface area is 145 Å². The van der Waals surface area contributed by atoms with E-state index in [-0.39, 0.29) is 18.3 Å². The second-order valence-electron chi connectivity index (χ2n) is 7.92. The van der Waals surface area contributed by atoms with E-state index >= 15 is 0 Å². The minimum absolute atomic E-state index is 0.339. The van der Waals surface area contributed by atoms with Crippen molar-refractivity contribution in [3.63, 3.8) is 0 Å². The number of pyridine rings is 1. The number of hydrogen-bond acceptors (Lipinski definition) is 5. The molecular weight excluding hydrogens is 303 g/mol. The number of ether oxygens (including phenoxy) is 1. The van der Waals surface area contributed by atoms with Gasteiger partial charge in [0.15, 0.2) is 0 Å². The van der Waals surface area contributed by atoms with Crippen LogP contribution in [0.25, 0.3) is 0 Å². The minimum Gasteiger partial charge on any atom is -0.477 e. The van der Waals surface area contributed by atoms with Gasteiger partial charge in [0.1, 0.15) is 0 Å². The molecule has 2 saturated heterocycles. The first-order chi connectivity index (χ1) is 11.3. The van der Waals surface area contributed by atoms with E-state index in [9.17, 15) is 0 Å². The van der Waals surface area contributed by atoms with Crippen LogP contribution in [0, 0.1) is 12.8 Å². The molecule has 0 saturated carbocycles. The van der Waals surface area contributed by atoms with Crippen LogP contribution in [0.15, 0.2) is 12.1 Å². The van der Waals surface area contributed by atoms with Crippen LogP contribution in [0.1, 0.15) is 46.2 Å². The molecule has 0 amide bonds. The van der Waals surface area contributed by atoms with Crippen molar-refractivity contribution in [1.82, 2.24) is 10.3 Å². The fourth-order valence-electron chi connectivity index (χ4n) is 3.10. The maximum atomic E-state index is 6.12. The molecule has 2 fully saturated rings. The van der Waals surface area contributed by atoms with Crippen LogP contribution in [0.5, 0.6) is 5.88 Å². The molecule has 3 heterocycles. The molecule has 24 heavy (non-hydrogen) atoms. The van der Waals surface area contributed by atoms with E-state index in [4.69, 9.17) is 14.0 Å². The van der Waals surface area contributed by atoms with Crippen molar-refractivity contribution in [3.05, 3.63) is 17.8 Å². The van der Waals surface area contributed by atoms with Crippen LogP contribution in [-0.4, -0.2) is 43.0 Å². The van der Waals surface area contributed by atoms with Crippen molar-refractivity contribution in [2.45, 2.75) is 58.7 Å². The zero-order chi connectivity index (χ0) is 17.4. The second-order valence-corrected chi connectivity index (χ2v) is 7.92. The van der Waals surface area contributed by atoms with Crippen LogP contribution in [-0.2, 0) is 9.31 Å². The third-order valence-corrected chi connectivity index (χ3v) is 5.53. The molecule has 1 aromatic heterocycles. The highest BCUT2D eigenvalue weighted by atomic mass is 16.7. The van der Waals surface area contributed by atoms with Gasteiger partial charge in [0.25, 0.3) is 0 Å². The summed E-state index contributed by atoms with van der Waals surface area (Å²) in [6, 6.07) is 3.94. The first kappa shape index (κ1) is 17.7. The monoisotopic (exact) mass is 332 g/mol. The van der Waals surface area contributed by atoms with E-state index in [2.05, 4.69) is 38.0 Å². The molecule has 0 aliphatic carbocycles. The van der Waals surface area contributed by atoms with Gasteiger partial charge in [-0.2, -0.15) is 0 Å². The largest absolute Gasteiger partial charge is 0.496 e. The van der Waals surface area contributed by atoms with E-state index in [0.29, 0.717) is 11.8 Å². The van der Waals surface area contributed by atoms with Crippen LogP contribution >= 0.6 is 0 Å². The molecule has 0 spiro atoms. The summed E-state index contributed by atoms with van der Waals surface area (Å²) in [5.74, 6) is 1.31. The average molecular weight is 332 g/mol. The molecule has 6 heteroatoms. The highest BCUT2D eigenvalue weighted by Gasteiger charge is 2.52. The Bertz CT molecular complexity index is 570. The number of aromatic nitrogens is 1. The van der Waals surface area contributed by atoms with E-state index in [1.165, 1.54) is 12.8 Å². The molecule has 0 unspecified atom stereocenters. The van der Waals surface area contributed by atoms with Gasteiger partial charge >= 0.3 is 7.12 Å². The third kappa shape index (κ3) is 3.61. The molecule has 0 radical (unpaired) electrons. The summed E-state index contributed by atoms with van der Waals surface area (Å²) in [7, 11) is -0.374. The maximum Gasteiger partial charge on any atom is 0.496 e. The number of piperidine rings is 1. The number of nitrogens with zero attached hydrogens (tertiary/aromatic N) is 1. The summed E-state index contributed by atoms with van der Waals surface area (Å²) >= 11 is 0. The van der Waals surface area contributed by atoms with Gasteiger partial charge in [-0.25, -0.2) is 4.98 Å². The first-order valence-electron chi connectivity index (χ1n) is 8.95. The molecule has 2 aliphatic rings. The zero-order valence-corrected chi connectivity index (χ0v) is 15.5. The third-order valence-electron chi connectivity index (χ3n) is 5.53. The SMILES string of the molecule is Cc1nc(OCC2CCNCC2)ccc1B1OC(C)(C)C(C)(C)O1. The van der Waals surface area contributed by atoms with Crippen LogP contribution in [0.3, 0.4) is 0 Å². The van der Waals surface area contributed by atoms with Crippen molar-refractivity contribution in [2.75, 3.05) is 19.7 Å². The van der Waals surface area contributed by atoms with Crippen molar-refractivity contribution in [3.8, 4) is 5.88 Å². The van der Waals surface area contributed by atoms with E-state index < -0.39 is 0 Å². The topological polar surface area (TPSA) is 52.6 Å². The van der Waals surface area contributed by atoms with Crippen molar-refractivity contribution in [1.29, 1.82) is 0 Å². The molecule has 3 rings (SSSR count). The quantitative estimate of drug-likeness (QED) is 0.856. The summed E-state index contributed by atoms with van der Waals surface area (Å²) in [6.07, 6.45) is 2.34. The van der Waals surface area contributed by atoms with Crippen molar-refractivity contribution in [2.24, 2.45) is 5.92 Å². The van der Waals surface area contributed by atoms with Gasteiger partial charge in [0.2, 0.25) is 5.88 Å². The fourth-order valence-corrected chi connectivity index (χ4v) is 3.10. The van der Waals surface area contributed by atoms with Crippen LogP contribution < -0.4 is 15.5 Å². The predicted octanol–water partition coefficient (Wildman–Crippen LogP) is 2.07. The molecule has 0 aromatic carbocycles. The first-order valence-corrected chi connectivity index (χ1v) is 8.95.